The highest BCUT2D eigenvalue weighted by Crippen LogP contribution is 2.01. The molecule has 1 aliphatic rings. The maximum absolute atomic E-state index is 5.31. The normalized spacial score (nSPS) is 17.2. The van der Waals surface area contributed by atoms with E-state index in [2.05, 4.69) is 15.2 Å². The summed E-state index contributed by atoms with van der Waals surface area (Å²) in [6.45, 7) is 6.03. The highest BCUT2D eigenvalue weighted by Gasteiger charge is 2.08. The van der Waals surface area contributed by atoms with Crippen LogP contribution in [0.25, 0.3) is 0 Å². The van der Waals surface area contributed by atoms with Crippen molar-refractivity contribution >= 4 is 5.82 Å². The van der Waals surface area contributed by atoms with E-state index in [-0.39, 0.29) is 0 Å². The van der Waals surface area contributed by atoms with E-state index < -0.39 is 0 Å². The van der Waals surface area contributed by atoms with E-state index in [1.54, 1.807) is 0 Å². The van der Waals surface area contributed by atoms with Crippen LogP contribution in [0.1, 0.15) is 6.42 Å². The number of morpholine rings is 1. The largest absolute Gasteiger partial charge is 0.379 e. The summed E-state index contributed by atoms with van der Waals surface area (Å²) in [5, 5.41) is 3.32. The van der Waals surface area contributed by atoms with Crippen LogP contribution >= 0.6 is 0 Å². The molecule has 1 fully saturated rings. The smallest absolute Gasteiger partial charge is 0.125 e. The predicted molar refractivity (Wildman–Crippen MR) is 64.6 cm³/mol. The van der Waals surface area contributed by atoms with E-state index in [0.717, 1.165) is 51.6 Å². The number of nitrogens with zero attached hydrogens (tertiary/aromatic N) is 2. The number of ether oxygens (including phenoxy) is 1. The quantitative estimate of drug-likeness (QED) is 0.759. The van der Waals surface area contributed by atoms with E-state index >= 15 is 0 Å². The fraction of sp³-hybridized carbons (Fsp3) is 0.583. The minimum atomic E-state index is 0.883. The van der Waals surface area contributed by atoms with Crippen LogP contribution in [-0.4, -0.2) is 49.3 Å². The molecule has 1 saturated heterocycles. The van der Waals surface area contributed by atoms with Gasteiger partial charge in [0.25, 0.3) is 0 Å². The van der Waals surface area contributed by atoms with Gasteiger partial charge in [-0.15, -0.1) is 0 Å². The monoisotopic (exact) mass is 221 g/mol. The average Bonchev–Trinajstić information content (AvgIpc) is 2.37. The lowest BCUT2D eigenvalue weighted by Crippen LogP contribution is -2.37. The van der Waals surface area contributed by atoms with Gasteiger partial charge >= 0.3 is 0 Å². The summed E-state index contributed by atoms with van der Waals surface area (Å²) in [5.74, 6) is 0.962. The lowest BCUT2D eigenvalue weighted by Gasteiger charge is -2.26. The molecule has 88 valence electrons. The van der Waals surface area contributed by atoms with Crippen LogP contribution < -0.4 is 5.32 Å². The predicted octanol–water partition coefficient (Wildman–Crippen LogP) is 1.22. The molecule has 4 heteroatoms. The maximum Gasteiger partial charge on any atom is 0.125 e. The van der Waals surface area contributed by atoms with Gasteiger partial charge in [-0.2, -0.15) is 0 Å². The first-order valence-corrected chi connectivity index (χ1v) is 5.90. The molecule has 1 aromatic rings. The molecular formula is C12H19N3O. The average molecular weight is 221 g/mol. The summed E-state index contributed by atoms with van der Waals surface area (Å²) in [7, 11) is 0. The highest BCUT2D eigenvalue weighted by molar-refractivity contribution is 5.32. The Hall–Kier alpha value is -1.13. The lowest BCUT2D eigenvalue weighted by atomic mass is 10.3. The van der Waals surface area contributed by atoms with E-state index in [1.165, 1.54) is 0 Å². The van der Waals surface area contributed by atoms with Crippen molar-refractivity contribution in [1.29, 1.82) is 0 Å². The van der Waals surface area contributed by atoms with Gasteiger partial charge < -0.3 is 10.1 Å². The molecule has 0 aromatic carbocycles. The highest BCUT2D eigenvalue weighted by atomic mass is 16.5. The fourth-order valence-electron chi connectivity index (χ4n) is 1.81. The van der Waals surface area contributed by atoms with Gasteiger partial charge in [0.2, 0.25) is 0 Å². The number of aromatic nitrogens is 1. The van der Waals surface area contributed by atoms with Crippen molar-refractivity contribution in [1.82, 2.24) is 9.88 Å². The Morgan fingerprint density at radius 2 is 2.19 bits per heavy atom. The van der Waals surface area contributed by atoms with Crippen LogP contribution in [0.15, 0.2) is 24.4 Å². The minimum absolute atomic E-state index is 0.883. The molecule has 2 rings (SSSR count). The molecule has 1 aromatic heterocycles. The molecule has 1 N–H and O–H groups in total. The molecule has 16 heavy (non-hydrogen) atoms. The second-order valence-electron chi connectivity index (χ2n) is 3.95. The Morgan fingerprint density at radius 3 is 2.94 bits per heavy atom. The Kier molecular flexibility index (Phi) is 4.58. The third kappa shape index (κ3) is 3.79. The molecule has 4 nitrogen and oxygen atoms in total. The van der Waals surface area contributed by atoms with Crippen molar-refractivity contribution in [3.63, 3.8) is 0 Å². The van der Waals surface area contributed by atoms with Crippen LogP contribution in [0, 0.1) is 0 Å². The Balaban J connectivity index is 1.58. The Bertz CT molecular complexity index is 286. The first kappa shape index (κ1) is 11.4. The summed E-state index contributed by atoms with van der Waals surface area (Å²) in [5.41, 5.74) is 0. The Labute approximate surface area is 96.6 Å². The third-order valence-corrected chi connectivity index (χ3v) is 2.73. The molecule has 1 aliphatic heterocycles. The van der Waals surface area contributed by atoms with E-state index in [4.69, 9.17) is 4.74 Å². The second kappa shape index (κ2) is 6.45. The number of pyridine rings is 1. The topological polar surface area (TPSA) is 37.4 Å². The molecular weight excluding hydrogens is 202 g/mol. The summed E-state index contributed by atoms with van der Waals surface area (Å²) in [6, 6.07) is 5.92. The van der Waals surface area contributed by atoms with Crippen molar-refractivity contribution in [2.24, 2.45) is 0 Å². The number of hydrogen-bond donors (Lipinski definition) is 1. The standard InChI is InChI=1S/C12H19N3O/c1-2-5-13-12(4-1)14-6-3-7-15-8-10-16-11-9-15/h1-2,4-5H,3,6-11H2,(H,13,14). The van der Waals surface area contributed by atoms with Crippen molar-refractivity contribution in [3.8, 4) is 0 Å². The molecule has 0 radical (unpaired) electrons. The van der Waals surface area contributed by atoms with E-state index in [9.17, 15) is 0 Å². The van der Waals surface area contributed by atoms with Gasteiger partial charge in [-0.25, -0.2) is 4.98 Å². The lowest BCUT2D eigenvalue weighted by molar-refractivity contribution is 0.0378. The fourth-order valence-corrected chi connectivity index (χ4v) is 1.81. The maximum atomic E-state index is 5.31. The molecule has 2 heterocycles. The zero-order valence-electron chi connectivity index (χ0n) is 9.56. The van der Waals surface area contributed by atoms with Gasteiger partial charge in [0.15, 0.2) is 0 Å². The summed E-state index contributed by atoms with van der Waals surface area (Å²) >= 11 is 0. The van der Waals surface area contributed by atoms with Gasteiger partial charge in [-0.05, 0) is 25.1 Å². The zero-order valence-corrected chi connectivity index (χ0v) is 9.56. The van der Waals surface area contributed by atoms with E-state index in [0.29, 0.717) is 0 Å². The van der Waals surface area contributed by atoms with Gasteiger partial charge in [-0.3, -0.25) is 4.90 Å². The molecule has 0 spiro atoms. The second-order valence-corrected chi connectivity index (χ2v) is 3.95. The van der Waals surface area contributed by atoms with Crippen molar-refractivity contribution in [2.45, 2.75) is 6.42 Å². The van der Waals surface area contributed by atoms with Gasteiger partial charge in [-0.1, -0.05) is 6.07 Å². The number of rotatable bonds is 5. The van der Waals surface area contributed by atoms with Gasteiger partial charge in [0.05, 0.1) is 13.2 Å². The summed E-state index contributed by atoms with van der Waals surface area (Å²) in [4.78, 5) is 6.67. The summed E-state index contributed by atoms with van der Waals surface area (Å²) < 4.78 is 5.31. The number of anilines is 1. The molecule has 0 unspecified atom stereocenters. The van der Waals surface area contributed by atoms with E-state index in [1.807, 2.05) is 24.4 Å². The zero-order chi connectivity index (χ0) is 11.1. The van der Waals surface area contributed by atoms with Crippen molar-refractivity contribution in [3.05, 3.63) is 24.4 Å². The van der Waals surface area contributed by atoms with Crippen LogP contribution in [0.2, 0.25) is 0 Å². The molecule has 0 bridgehead atoms. The van der Waals surface area contributed by atoms with Crippen LogP contribution in [0.4, 0.5) is 5.82 Å². The minimum Gasteiger partial charge on any atom is -0.379 e. The number of hydrogen-bond acceptors (Lipinski definition) is 4. The first-order valence-electron chi connectivity index (χ1n) is 5.90. The SMILES string of the molecule is c1ccc(NCCCN2CCOCC2)nc1. The Morgan fingerprint density at radius 1 is 1.31 bits per heavy atom. The summed E-state index contributed by atoms with van der Waals surface area (Å²) in [6.07, 6.45) is 2.96. The van der Waals surface area contributed by atoms with Crippen molar-refractivity contribution in [2.75, 3.05) is 44.7 Å². The van der Waals surface area contributed by atoms with Gasteiger partial charge in [0.1, 0.15) is 5.82 Å². The van der Waals surface area contributed by atoms with Crippen LogP contribution in [-0.2, 0) is 4.74 Å². The van der Waals surface area contributed by atoms with Gasteiger partial charge in [0, 0.05) is 25.8 Å². The van der Waals surface area contributed by atoms with Crippen molar-refractivity contribution < 1.29 is 4.74 Å². The molecule has 0 aliphatic carbocycles. The number of nitrogens with one attached hydrogen (secondary N) is 1. The third-order valence-electron chi connectivity index (χ3n) is 2.73. The molecule has 0 amide bonds. The van der Waals surface area contributed by atoms with Crippen LogP contribution in [0.5, 0.6) is 0 Å². The first-order chi connectivity index (χ1) is 7.95. The molecule has 0 atom stereocenters. The van der Waals surface area contributed by atoms with Crippen LogP contribution in [0.3, 0.4) is 0 Å². The molecule has 0 saturated carbocycles.